The zero-order valence-corrected chi connectivity index (χ0v) is 10.6. The second-order valence-corrected chi connectivity index (χ2v) is 5.25. The van der Waals surface area contributed by atoms with Crippen molar-refractivity contribution in [2.45, 2.75) is 13.5 Å². The molecule has 2 N–H and O–H groups in total. The molecular formula is C9H14N4O4S. The van der Waals surface area contributed by atoms with Gasteiger partial charge in [0.1, 0.15) is 6.54 Å². The van der Waals surface area contributed by atoms with Gasteiger partial charge in [-0.2, -0.15) is 0 Å². The number of nitrogens with one attached hydrogen (secondary N) is 1. The Kier molecular flexibility index (Phi) is 5.43. The molecule has 1 rings (SSSR count). The Morgan fingerprint density at radius 2 is 2.28 bits per heavy atom. The number of nitrogens with zero attached hydrogens (tertiary/aromatic N) is 3. The highest BCUT2D eigenvalue weighted by molar-refractivity contribution is 7.84. The Morgan fingerprint density at radius 3 is 2.83 bits per heavy atom. The number of amides is 1. The topological polar surface area (TPSA) is 114 Å². The number of carboxylic acids is 1. The maximum Gasteiger partial charge on any atom is 0.358 e. The van der Waals surface area contributed by atoms with Crippen molar-refractivity contribution in [1.82, 2.24) is 20.3 Å². The Balaban J connectivity index is 2.35. The molecule has 0 radical (unpaired) electrons. The zero-order valence-electron chi connectivity index (χ0n) is 9.83. The van der Waals surface area contributed by atoms with E-state index in [2.05, 4.69) is 15.6 Å². The maximum atomic E-state index is 11.4. The molecule has 0 saturated heterocycles. The van der Waals surface area contributed by atoms with E-state index < -0.39 is 16.8 Å². The molecule has 1 amide bonds. The number of carbonyl (C=O) groups excluding carboxylic acids is 1. The minimum atomic E-state index is -1.19. The minimum Gasteiger partial charge on any atom is -0.476 e. The molecule has 0 aliphatic rings. The number of hydrogen-bond acceptors (Lipinski definition) is 5. The smallest absolute Gasteiger partial charge is 0.358 e. The van der Waals surface area contributed by atoms with Crippen LogP contribution < -0.4 is 5.32 Å². The van der Waals surface area contributed by atoms with E-state index in [-0.39, 0.29) is 18.1 Å². The molecule has 100 valence electrons. The average Bonchev–Trinajstić information content (AvgIpc) is 2.77. The van der Waals surface area contributed by atoms with Gasteiger partial charge in [0, 0.05) is 28.9 Å². The van der Waals surface area contributed by atoms with Crippen LogP contribution in [0.15, 0.2) is 6.20 Å². The number of carbonyl (C=O) groups is 2. The predicted molar refractivity (Wildman–Crippen MR) is 63.5 cm³/mol. The first-order chi connectivity index (χ1) is 8.52. The van der Waals surface area contributed by atoms with Crippen molar-refractivity contribution in [3.8, 4) is 0 Å². The summed E-state index contributed by atoms with van der Waals surface area (Å²) in [5.41, 5.74) is -0.213. The first-order valence-electron chi connectivity index (χ1n) is 5.28. The predicted octanol–water partition coefficient (Wildman–Crippen LogP) is -1.14. The maximum absolute atomic E-state index is 11.4. The monoisotopic (exact) mass is 274 g/mol. The second kappa shape index (κ2) is 6.84. The largest absolute Gasteiger partial charge is 0.476 e. The molecule has 0 aliphatic carbocycles. The van der Waals surface area contributed by atoms with Crippen LogP contribution in [-0.4, -0.2) is 54.2 Å². The van der Waals surface area contributed by atoms with Gasteiger partial charge in [-0.15, -0.1) is 5.10 Å². The van der Waals surface area contributed by atoms with E-state index in [0.29, 0.717) is 18.1 Å². The minimum absolute atomic E-state index is 0.112. The Bertz CT molecular complexity index is 459. The highest BCUT2D eigenvalue weighted by Crippen LogP contribution is 1.92. The molecule has 0 bridgehead atoms. The summed E-state index contributed by atoms with van der Waals surface area (Å²) >= 11 is 0. The van der Waals surface area contributed by atoms with Crippen molar-refractivity contribution < 1.29 is 18.9 Å². The van der Waals surface area contributed by atoms with Gasteiger partial charge in [-0.1, -0.05) is 12.1 Å². The Labute approximate surface area is 106 Å². The lowest BCUT2D eigenvalue weighted by atomic mass is 10.5. The third-order valence-electron chi connectivity index (χ3n) is 2.04. The van der Waals surface area contributed by atoms with Crippen molar-refractivity contribution in [3.63, 3.8) is 0 Å². The average molecular weight is 274 g/mol. The lowest BCUT2D eigenvalue weighted by Crippen LogP contribution is -2.31. The molecule has 0 fully saturated rings. The fourth-order valence-corrected chi connectivity index (χ4v) is 1.74. The van der Waals surface area contributed by atoms with E-state index >= 15 is 0 Å². The summed E-state index contributed by atoms with van der Waals surface area (Å²) in [5.74, 6) is -0.564. The van der Waals surface area contributed by atoms with Gasteiger partial charge in [-0.3, -0.25) is 9.00 Å². The molecule has 8 nitrogen and oxygen atoms in total. The third-order valence-corrected chi connectivity index (χ3v) is 3.34. The van der Waals surface area contributed by atoms with Gasteiger partial charge in [0.05, 0.1) is 6.20 Å². The molecule has 18 heavy (non-hydrogen) atoms. The van der Waals surface area contributed by atoms with Crippen LogP contribution in [0.4, 0.5) is 0 Å². The van der Waals surface area contributed by atoms with Crippen LogP contribution >= 0.6 is 0 Å². The number of rotatable bonds is 7. The molecule has 1 unspecified atom stereocenters. The summed E-state index contributed by atoms with van der Waals surface area (Å²) < 4.78 is 12.2. The zero-order chi connectivity index (χ0) is 13.5. The highest BCUT2D eigenvalue weighted by atomic mass is 32.2. The van der Waals surface area contributed by atoms with E-state index in [9.17, 15) is 13.8 Å². The number of hydrogen-bond donors (Lipinski definition) is 2. The normalized spacial score (nSPS) is 12.1. The van der Waals surface area contributed by atoms with Crippen LogP contribution in [0, 0.1) is 0 Å². The summed E-state index contributed by atoms with van der Waals surface area (Å²) in [7, 11) is -0.919. The number of carboxylic acid groups (broad SMARTS) is 1. The second-order valence-electron chi connectivity index (χ2n) is 3.39. The summed E-state index contributed by atoms with van der Waals surface area (Å²) in [6, 6.07) is 0. The van der Waals surface area contributed by atoms with Crippen molar-refractivity contribution in [2.24, 2.45) is 0 Å². The first kappa shape index (κ1) is 14.3. The molecule has 1 aromatic rings. The van der Waals surface area contributed by atoms with Crippen LogP contribution in [-0.2, 0) is 22.1 Å². The van der Waals surface area contributed by atoms with Crippen LogP contribution in [0.2, 0.25) is 0 Å². The van der Waals surface area contributed by atoms with E-state index in [4.69, 9.17) is 5.11 Å². The Morgan fingerprint density at radius 1 is 1.56 bits per heavy atom. The summed E-state index contributed by atoms with van der Waals surface area (Å²) in [6.07, 6.45) is 1.17. The lowest BCUT2D eigenvalue weighted by molar-refractivity contribution is -0.121. The van der Waals surface area contributed by atoms with Crippen LogP contribution in [0.3, 0.4) is 0 Å². The first-order valence-corrected chi connectivity index (χ1v) is 6.76. The molecule has 0 aromatic carbocycles. The van der Waals surface area contributed by atoms with Gasteiger partial charge < -0.3 is 10.4 Å². The lowest BCUT2D eigenvalue weighted by Gasteiger charge is -2.03. The fourth-order valence-electron chi connectivity index (χ4n) is 1.13. The van der Waals surface area contributed by atoms with Gasteiger partial charge in [0.2, 0.25) is 5.91 Å². The fraction of sp³-hybridized carbons (Fsp3) is 0.556. The standard InChI is InChI=1S/C9H14N4O4S/c1-2-18(17)4-3-10-8(14)6-13-5-7(9(15)16)11-12-13/h5H,2-4,6H2,1H3,(H,10,14)(H,15,16). The van der Waals surface area contributed by atoms with Crippen LogP contribution in [0.1, 0.15) is 17.4 Å². The van der Waals surface area contributed by atoms with Crippen molar-refractivity contribution in [3.05, 3.63) is 11.9 Å². The molecular weight excluding hydrogens is 260 g/mol. The molecule has 1 aromatic heterocycles. The SMILES string of the molecule is CCS(=O)CCNC(=O)Cn1cc(C(=O)O)nn1. The van der Waals surface area contributed by atoms with Gasteiger partial charge in [0.15, 0.2) is 5.69 Å². The number of aromatic carboxylic acids is 1. The third kappa shape index (κ3) is 4.62. The molecule has 9 heteroatoms. The van der Waals surface area contributed by atoms with Gasteiger partial charge in [-0.25, -0.2) is 9.48 Å². The molecule has 0 aliphatic heterocycles. The van der Waals surface area contributed by atoms with Gasteiger partial charge in [-0.05, 0) is 0 Å². The van der Waals surface area contributed by atoms with Crippen molar-refractivity contribution >= 4 is 22.7 Å². The molecule has 0 saturated carbocycles. The van der Waals surface area contributed by atoms with Crippen LogP contribution in [0.25, 0.3) is 0 Å². The molecule has 0 spiro atoms. The van der Waals surface area contributed by atoms with E-state index in [1.807, 2.05) is 0 Å². The van der Waals surface area contributed by atoms with Crippen LogP contribution in [0.5, 0.6) is 0 Å². The van der Waals surface area contributed by atoms with Crippen molar-refractivity contribution in [1.29, 1.82) is 0 Å². The van der Waals surface area contributed by atoms with E-state index in [0.717, 1.165) is 4.68 Å². The summed E-state index contributed by atoms with van der Waals surface area (Å²) in [4.78, 5) is 21.9. The van der Waals surface area contributed by atoms with E-state index in [1.54, 1.807) is 6.92 Å². The highest BCUT2D eigenvalue weighted by Gasteiger charge is 2.10. The summed E-state index contributed by atoms with van der Waals surface area (Å²) in [6.45, 7) is 2.01. The number of aromatic nitrogens is 3. The van der Waals surface area contributed by atoms with Gasteiger partial charge >= 0.3 is 5.97 Å². The van der Waals surface area contributed by atoms with E-state index in [1.165, 1.54) is 6.20 Å². The molecule has 1 heterocycles. The van der Waals surface area contributed by atoms with Gasteiger partial charge in [0.25, 0.3) is 0 Å². The Hall–Kier alpha value is -1.77. The van der Waals surface area contributed by atoms with Crippen molar-refractivity contribution in [2.75, 3.05) is 18.1 Å². The summed E-state index contributed by atoms with van der Waals surface area (Å²) in [5, 5.41) is 18.1. The quantitative estimate of drug-likeness (QED) is 0.649. The molecule has 1 atom stereocenters.